The molecule has 0 spiro atoms. The van der Waals surface area contributed by atoms with Crippen LogP contribution in [0, 0.1) is 6.07 Å². The number of aromatic hydroxyl groups is 1. The van der Waals surface area contributed by atoms with Crippen molar-refractivity contribution in [2.45, 2.75) is 91.4 Å². The first kappa shape index (κ1) is 47.2. The molecule has 0 aliphatic heterocycles. The first-order valence-electron chi connectivity index (χ1n) is 23.4. The van der Waals surface area contributed by atoms with Crippen molar-refractivity contribution in [2.24, 2.45) is 0 Å². The fraction of sp³-hybridized carbons (Fsp3) is 0.226. The van der Waals surface area contributed by atoms with Crippen LogP contribution in [-0.2, 0) is 37.3 Å². The van der Waals surface area contributed by atoms with Crippen molar-refractivity contribution >= 4 is 11.0 Å². The number of phenolic OH excluding ortho intramolecular Hbond substituents is 1. The van der Waals surface area contributed by atoms with Crippen molar-refractivity contribution in [3.8, 4) is 78.6 Å². The summed E-state index contributed by atoms with van der Waals surface area (Å²) in [4.78, 5) is 10.6. The van der Waals surface area contributed by atoms with Gasteiger partial charge in [0.25, 0.3) is 0 Å². The van der Waals surface area contributed by atoms with E-state index in [1.165, 1.54) is 16.7 Å². The molecule has 0 saturated heterocycles. The van der Waals surface area contributed by atoms with E-state index in [9.17, 15) is 5.11 Å². The van der Waals surface area contributed by atoms with Crippen LogP contribution in [0.5, 0.6) is 5.75 Å². The van der Waals surface area contributed by atoms with Crippen molar-refractivity contribution in [3.05, 3.63) is 193 Å². The van der Waals surface area contributed by atoms with Gasteiger partial charge in [-0.3, -0.25) is 9.55 Å². The standard InChI is InChI=1S/C62H60N3O.Pt/c1-10-62(9,11-2)47-30-28-41(29-31-47)44-34-35-63-54(39-44)46-36-45(37-49(38-46)61(6,7)8)50-24-19-27-56-57(50)64-59(52-26-18-25-51(58(52)66)42-20-14-12-15-21-42)65(56)55-33-32-48(60(3,4)5)40-53(55)43-22-16-13-17-23-43;/h12-35,37-40,66H,10-11H2,1-9H3;/q-1;. The normalized spacial score (nSPS) is 12.0. The van der Waals surface area contributed by atoms with Gasteiger partial charge in [0.05, 0.1) is 22.3 Å². The molecule has 67 heavy (non-hydrogen) atoms. The second-order valence-electron chi connectivity index (χ2n) is 20.1. The van der Waals surface area contributed by atoms with Gasteiger partial charge in [0.1, 0.15) is 11.6 Å². The fourth-order valence-corrected chi connectivity index (χ4v) is 9.13. The number of nitrogens with zero attached hydrogens (tertiary/aromatic N) is 3. The summed E-state index contributed by atoms with van der Waals surface area (Å²) < 4.78 is 2.24. The van der Waals surface area contributed by atoms with Gasteiger partial charge in [0.2, 0.25) is 0 Å². The van der Waals surface area contributed by atoms with Crippen molar-refractivity contribution < 1.29 is 26.2 Å². The predicted molar refractivity (Wildman–Crippen MR) is 277 cm³/mol. The number of rotatable bonds is 10. The van der Waals surface area contributed by atoms with Crippen LogP contribution in [0.25, 0.3) is 83.9 Å². The molecule has 2 heterocycles. The molecule has 0 bridgehead atoms. The van der Waals surface area contributed by atoms with Gasteiger partial charge >= 0.3 is 0 Å². The summed E-state index contributed by atoms with van der Waals surface area (Å²) in [6.07, 6.45) is 4.12. The van der Waals surface area contributed by atoms with Gasteiger partial charge in [0.15, 0.2) is 0 Å². The molecule has 4 nitrogen and oxygen atoms in total. The first-order valence-corrected chi connectivity index (χ1v) is 23.4. The molecule has 340 valence electrons. The smallest absolute Gasteiger partial charge is 0.148 e. The van der Waals surface area contributed by atoms with E-state index in [1.807, 2.05) is 54.7 Å². The Bertz CT molecular complexity index is 3190. The first-order chi connectivity index (χ1) is 31.7. The minimum Gasteiger partial charge on any atom is -0.507 e. The van der Waals surface area contributed by atoms with Crippen LogP contribution in [-0.4, -0.2) is 19.6 Å². The van der Waals surface area contributed by atoms with E-state index in [2.05, 4.69) is 188 Å². The van der Waals surface area contributed by atoms with Crippen LogP contribution in [0.3, 0.4) is 0 Å². The molecule has 0 atom stereocenters. The van der Waals surface area contributed by atoms with Crippen molar-refractivity contribution in [2.75, 3.05) is 0 Å². The van der Waals surface area contributed by atoms with E-state index in [4.69, 9.17) is 9.97 Å². The Morgan fingerprint density at radius 2 is 1.09 bits per heavy atom. The summed E-state index contributed by atoms with van der Waals surface area (Å²) in [6.45, 7) is 20.4. The van der Waals surface area contributed by atoms with Crippen molar-refractivity contribution in [1.82, 2.24) is 14.5 Å². The van der Waals surface area contributed by atoms with E-state index in [0.29, 0.717) is 11.4 Å². The molecule has 1 N–H and O–H groups in total. The van der Waals surface area contributed by atoms with Gasteiger partial charge < -0.3 is 5.11 Å². The summed E-state index contributed by atoms with van der Waals surface area (Å²) >= 11 is 0. The molecule has 9 aromatic rings. The van der Waals surface area contributed by atoms with Gasteiger partial charge in [-0.15, -0.1) is 29.3 Å². The zero-order valence-electron chi connectivity index (χ0n) is 40.2. The van der Waals surface area contributed by atoms with Crippen LogP contribution in [0.2, 0.25) is 0 Å². The second kappa shape index (κ2) is 18.7. The molecule has 5 heteroatoms. The van der Waals surface area contributed by atoms with Gasteiger partial charge in [-0.25, -0.2) is 4.98 Å². The summed E-state index contributed by atoms with van der Waals surface area (Å²) in [5.74, 6) is 0.836. The van der Waals surface area contributed by atoms with Crippen molar-refractivity contribution in [3.63, 3.8) is 0 Å². The number of benzene rings is 7. The largest absolute Gasteiger partial charge is 0.507 e. The van der Waals surface area contributed by atoms with Crippen LogP contribution < -0.4 is 0 Å². The monoisotopic (exact) mass is 1060 g/mol. The van der Waals surface area contributed by atoms with Crippen LogP contribution in [0.1, 0.15) is 91.8 Å². The fourth-order valence-electron chi connectivity index (χ4n) is 9.13. The Hall–Kier alpha value is -6.35. The maximum atomic E-state index is 12.3. The molecule has 0 unspecified atom stereocenters. The quantitative estimate of drug-likeness (QED) is 0.139. The Kier molecular flexibility index (Phi) is 13.2. The third-order valence-corrected chi connectivity index (χ3v) is 13.8. The van der Waals surface area contributed by atoms with Gasteiger partial charge in [0, 0.05) is 44.1 Å². The van der Waals surface area contributed by atoms with Gasteiger partial charge in [-0.2, -0.15) is 0 Å². The maximum Gasteiger partial charge on any atom is 0.148 e. The van der Waals surface area contributed by atoms with E-state index in [-0.39, 0.29) is 43.1 Å². The Balaban J connectivity index is 0.00000608. The van der Waals surface area contributed by atoms with E-state index >= 15 is 0 Å². The topological polar surface area (TPSA) is 50.9 Å². The molecular weight excluding hydrogens is 998 g/mol. The van der Waals surface area contributed by atoms with Crippen LogP contribution in [0.15, 0.2) is 170 Å². The third-order valence-electron chi connectivity index (χ3n) is 13.8. The van der Waals surface area contributed by atoms with E-state index in [0.717, 1.165) is 85.3 Å². The van der Waals surface area contributed by atoms with Gasteiger partial charge in [-0.05, 0) is 92.8 Å². The average Bonchev–Trinajstić information content (AvgIpc) is 3.73. The third kappa shape index (κ3) is 9.22. The number of pyridine rings is 1. The average molecular weight is 1060 g/mol. The number of fused-ring (bicyclic) bond motifs is 1. The van der Waals surface area contributed by atoms with Gasteiger partial charge in [-0.1, -0.05) is 195 Å². The molecule has 0 saturated carbocycles. The molecule has 0 radical (unpaired) electrons. The number of aromatic nitrogens is 3. The van der Waals surface area contributed by atoms with Crippen molar-refractivity contribution in [1.29, 1.82) is 0 Å². The second-order valence-corrected chi connectivity index (χ2v) is 20.1. The molecule has 0 amide bonds. The molecule has 0 fully saturated rings. The maximum absolute atomic E-state index is 12.3. The molecule has 7 aromatic carbocycles. The van der Waals surface area contributed by atoms with Crippen LogP contribution >= 0.6 is 0 Å². The zero-order chi connectivity index (χ0) is 46.4. The molecule has 0 aliphatic rings. The minimum atomic E-state index is -0.168. The number of phenols is 1. The number of para-hydroxylation sites is 2. The number of hydrogen-bond donors (Lipinski definition) is 1. The molecular formula is C62H60N3OPt-. The summed E-state index contributed by atoms with van der Waals surface area (Å²) in [5, 5.41) is 12.3. The SMILES string of the molecule is CCC(C)(CC)c1ccc(-c2ccnc(-c3[c-]c(-c4cccc5c4nc(-c4cccc(-c6ccccc6)c4O)n5-c4ccc(C(C)(C)C)cc4-c4ccccc4)cc(C(C)(C)C)c3)c2)cc1.[Pt]. The Morgan fingerprint density at radius 1 is 0.507 bits per heavy atom. The molecule has 9 rings (SSSR count). The Morgan fingerprint density at radius 3 is 1.73 bits per heavy atom. The summed E-state index contributed by atoms with van der Waals surface area (Å²) in [6, 6.07) is 61.5. The van der Waals surface area contributed by atoms with E-state index < -0.39 is 0 Å². The summed E-state index contributed by atoms with van der Waals surface area (Å²) in [5.41, 5.74) is 16.9. The molecule has 0 aliphatic carbocycles. The summed E-state index contributed by atoms with van der Waals surface area (Å²) in [7, 11) is 0. The zero-order valence-corrected chi connectivity index (χ0v) is 42.5. The number of imidazole rings is 1. The molecule has 2 aromatic heterocycles. The number of hydrogen-bond acceptors (Lipinski definition) is 3. The van der Waals surface area contributed by atoms with Crippen LogP contribution in [0.4, 0.5) is 0 Å². The minimum absolute atomic E-state index is 0. The predicted octanol–water partition coefficient (Wildman–Crippen LogP) is 16.6. The van der Waals surface area contributed by atoms with E-state index in [1.54, 1.807) is 0 Å². The Labute approximate surface area is 412 Å².